The summed E-state index contributed by atoms with van der Waals surface area (Å²) in [6, 6.07) is 18.5. The fourth-order valence-corrected chi connectivity index (χ4v) is 11.3. The number of oxime groups is 1. The Kier molecular flexibility index (Phi) is 14.2. The fraction of sp³-hybridized carbons (Fsp3) is 0.522. The van der Waals surface area contributed by atoms with E-state index in [2.05, 4.69) is 23.7 Å². The van der Waals surface area contributed by atoms with E-state index < -0.39 is 10.7 Å². The lowest BCUT2D eigenvalue weighted by Crippen LogP contribution is -2.64. The summed E-state index contributed by atoms with van der Waals surface area (Å²) >= 11 is 1.96. The molecule has 4 aliphatic rings. The van der Waals surface area contributed by atoms with Crippen molar-refractivity contribution in [1.82, 2.24) is 4.98 Å². The van der Waals surface area contributed by atoms with Gasteiger partial charge < -0.3 is 29.3 Å². The lowest BCUT2D eigenvalue weighted by molar-refractivity contribution is -0.384. The number of nitrogens with zero attached hydrogens (tertiary/aromatic N) is 3. The van der Waals surface area contributed by atoms with E-state index in [4.69, 9.17) is 24.2 Å². The van der Waals surface area contributed by atoms with E-state index in [1.807, 2.05) is 49.0 Å². The van der Waals surface area contributed by atoms with Gasteiger partial charge in [-0.15, -0.1) is 18.3 Å². The van der Waals surface area contributed by atoms with Crippen LogP contribution in [-0.4, -0.2) is 61.9 Å². The molecule has 2 N–H and O–H groups in total. The second-order valence-corrected chi connectivity index (χ2v) is 17.6. The highest BCUT2D eigenvalue weighted by Gasteiger charge is 2.64. The number of aromatic nitrogens is 1. The number of rotatable bonds is 20. The van der Waals surface area contributed by atoms with Gasteiger partial charge >= 0.3 is 0 Å². The lowest BCUT2D eigenvalue weighted by Gasteiger charge is -2.58. The number of non-ortho nitro benzene ring substituents is 1. The van der Waals surface area contributed by atoms with E-state index in [9.17, 15) is 20.3 Å². The predicted molar refractivity (Wildman–Crippen MR) is 226 cm³/mol. The molecule has 1 aromatic heterocycles. The van der Waals surface area contributed by atoms with Crippen LogP contribution < -0.4 is 9.47 Å². The normalized spacial score (nSPS) is 25.7. The van der Waals surface area contributed by atoms with E-state index >= 15 is 0 Å². The first kappa shape index (κ1) is 41.9. The molecule has 2 heterocycles. The van der Waals surface area contributed by atoms with E-state index in [1.54, 1.807) is 18.2 Å². The second kappa shape index (κ2) is 19.7. The largest absolute Gasteiger partial charge is 0.487 e. The van der Waals surface area contributed by atoms with Crippen molar-refractivity contribution >= 4 is 23.2 Å². The highest BCUT2D eigenvalue weighted by Crippen LogP contribution is 2.63. The zero-order valence-corrected chi connectivity index (χ0v) is 34.3. The summed E-state index contributed by atoms with van der Waals surface area (Å²) < 4.78 is 20.9. The number of ether oxygens (including phenoxy) is 3. The van der Waals surface area contributed by atoms with Gasteiger partial charge in [-0.25, -0.2) is 0 Å². The van der Waals surface area contributed by atoms with Gasteiger partial charge in [0, 0.05) is 54.2 Å². The van der Waals surface area contributed by atoms with Crippen molar-refractivity contribution in [2.75, 3.05) is 19.8 Å². The van der Waals surface area contributed by atoms with Crippen LogP contribution in [0.1, 0.15) is 99.1 Å². The van der Waals surface area contributed by atoms with Crippen LogP contribution in [0.2, 0.25) is 0 Å². The molecule has 1 aliphatic heterocycles. The SMILES string of the molecule is C=CCOC12Oc3ccc(OCc4cccc(C)n4)cc3C3C(CCCCO)C(CCCCO)C=C(C(=NOCc4ccc([N+](=O)[O-])cc4)CC1SC1CCCC1)C32. The molecule has 2 aromatic carbocycles. The number of aryl methyl sites for hydroxylation is 1. The lowest BCUT2D eigenvalue weighted by atomic mass is 9.56. The highest BCUT2D eigenvalue weighted by atomic mass is 32.2. The van der Waals surface area contributed by atoms with E-state index in [-0.39, 0.29) is 54.4 Å². The monoisotopic (exact) mass is 811 g/mol. The summed E-state index contributed by atoms with van der Waals surface area (Å²) in [5.41, 5.74) is 5.62. The summed E-state index contributed by atoms with van der Waals surface area (Å²) in [7, 11) is 0. The molecule has 2 saturated carbocycles. The van der Waals surface area contributed by atoms with Gasteiger partial charge in [0.25, 0.3) is 5.69 Å². The minimum Gasteiger partial charge on any atom is -0.487 e. The minimum atomic E-state index is -1.03. The quantitative estimate of drug-likeness (QED) is 0.0490. The average Bonchev–Trinajstić information content (AvgIpc) is 3.75. The molecule has 12 heteroatoms. The molecule has 0 saturated heterocycles. The molecule has 3 aliphatic carbocycles. The molecule has 3 aromatic rings. The van der Waals surface area contributed by atoms with Gasteiger partial charge in [0.2, 0.25) is 5.79 Å². The molecule has 6 atom stereocenters. The van der Waals surface area contributed by atoms with Gasteiger partial charge in [-0.3, -0.25) is 15.1 Å². The van der Waals surface area contributed by atoms with Gasteiger partial charge in [-0.2, -0.15) is 0 Å². The van der Waals surface area contributed by atoms with Gasteiger partial charge in [-0.1, -0.05) is 49.1 Å². The number of hydrogen-bond acceptors (Lipinski definition) is 11. The number of aliphatic hydroxyl groups is 2. The summed E-state index contributed by atoms with van der Waals surface area (Å²) in [4.78, 5) is 21.7. The number of benzene rings is 2. The molecule has 0 bridgehead atoms. The Hall–Kier alpha value is -4.23. The van der Waals surface area contributed by atoms with E-state index in [0.717, 1.165) is 83.8 Å². The Morgan fingerprint density at radius 1 is 1.03 bits per heavy atom. The van der Waals surface area contributed by atoms with Crippen molar-refractivity contribution in [3.63, 3.8) is 0 Å². The van der Waals surface area contributed by atoms with Crippen molar-refractivity contribution in [3.8, 4) is 11.5 Å². The Balaban J connectivity index is 1.34. The maximum absolute atomic E-state index is 11.3. The number of allylic oxidation sites excluding steroid dienone is 1. The number of pyridine rings is 1. The Labute approximate surface area is 346 Å². The molecule has 58 heavy (non-hydrogen) atoms. The number of nitro benzene ring substituents is 1. The molecule has 0 amide bonds. The average molecular weight is 812 g/mol. The Morgan fingerprint density at radius 3 is 2.53 bits per heavy atom. The molecular weight excluding hydrogens is 755 g/mol. The second-order valence-electron chi connectivity index (χ2n) is 16.0. The van der Waals surface area contributed by atoms with Gasteiger partial charge in [0.1, 0.15) is 24.7 Å². The number of fused-ring (bicyclic) bond motifs is 2. The fourth-order valence-electron chi connectivity index (χ4n) is 9.53. The molecule has 310 valence electrons. The molecule has 11 nitrogen and oxygen atoms in total. The van der Waals surface area contributed by atoms with Crippen LogP contribution in [0.3, 0.4) is 0 Å². The van der Waals surface area contributed by atoms with Gasteiger partial charge in [-0.05, 0) is 111 Å². The molecular formula is C46H57N3O8S. The smallest absolute Gasteiger partial charge is 0.269 e. The van der Waals surface area contributed by atoms with Crippen LogP contribution in [0.5, 0.6) is 11.5 Å². The van der Waals surface area contributed by atoms with Crippen molar-refractivity contribution in [3.05, 3.63) is 118 Å². The maximum Gasteiger partial charge on any atom is 0.269 e. The summed E-state index contributed by atoms with van der Waals surface area (Å²) in [6.07, 6.45) is 14.4. The van der Waals surface area contributed by atoms with Crippen molar-refractivity contribution in [1.29, 1.82) is 0 Å². The molecule has 0 radical (unpaired) electrons. The standard InChI is InChI=1S/C46H57N3O8S/c1-3-25-55-46-43(58-37-14-4-5-15-37)28-41(48-56-29-32-17-19-35(20-18-32)49(52)53)39-26-33(12-6-8-23-50)38(16-7-9-24-51)44(45(39)46)40-27-36(21-22-42(40)57-46)54-30-34-13-10-11-31(2)47-34/h3,10-11,13,17-22,26-27,33,37-38,43-45,50-51H,1,4-9,12,14-16,23-25,28-30H2,2H3. The van der Waals surface area contributed by atoms with E-state index in [0.29, 0.717) is 37.7 Å². The number of nitro groups is 1. The number of thioether (sulfide) groups is 1. The molecule has 7 rings (SSSR count). The first-order valence-corrected chi connectivity index (χ1v) is 21.9. The van der Waals surface area contributed by atoms with Crippen molar-refractivity contribution < 1.29 is 34.2 Å². The van der Waals surface area contributed by atoms with Crippen molar-refractivity contribution in [2.24, 2.45) is 22.9 Å². The number of hydrogen-bond donors (Lipinski definition) is 2. The molecule has 0 spiro atoms. The Bertz CT molecular complexity index is 1930. The van der Waals surface area contributed by atoms with Crippen LogP contribution in [0.4, 0.5) is 5.69 Å². The maximum atomic E-state index is 11.3. The zero-order valence-electron chi connectivity index (χ0n) is 33.5. The van der Waals surface area contributed by atoms with Crippen LogP contribution in [0, 0.1) is 34.8 Å². The first-order valence-electron chi connectivity index (χ1n) is 21.0. The number of unbranched alkanes of at least 4 members (excludes halogenated alkanes) is 2. The third-order valence-electron chi connectivity index (χ3n) is 12.2. The Morgan fingerprint density at radius 2 is 1.81 bits per heavy atom. The van der Waals surface area contributed by atoms with Crippen LogP contribution in [-0.2, 0) is 22.8 Å². The molecule has 6 unspecified atom stereocenters. The topological polar surface area (TPSA) is 146 Å². The van der Waals surface area contributed by atoms with Gasteiger partial charge in [0.05, 0.1) is 34.1 Å². The van der Waals surface area contributed by atoms with E-state index in [1.165, 1.54) is 25.0 Å². The zero-order chi connectivity index (χ0) is 40.5. The molecule has 2 fully saturated rings. The van der Waals surface area contributed by atoms with Crippen LogP contribution >= 0.6 is 11.8 Å². The summed E-state index contributed by atoms with van der Waals surface area (Å²) in [5.74, 6) is 0.557. The highest BCUT2D eigenvalue weighted by molar-refractivity contribution is 8.00. The predicted octanol–water partition coefficient (Wildman–Crippen LogP) is 9.39. The minimum absolute atomic E-state index is 0.0298. The first-order chi connectivity index (χ1) is 28.3. The summed E-state index contributed by atoms with van der Waals surface area (Å²) in [5, 5.41) is 36.3. The van der Waals surface area contributed by atoms with Crippen molar-refractivity contribution in [2.45, 2.75) is 113 Å². The summed E-state index contributed by atoms with van der Waals surface area (Å²) in [6.45, 7) is 7.12. The number of aliphatic hydroxyl groups excluding tert-OH is 2. The third kappa shape index (κ3) is 9.46. The third-order valence-corrected chi connectivity index (χ3v) is 13.8. The van der Waals surface area contributed by atoms with Gasteiger partial charge in [0.15, 0.2) is 0 Å². The van der Waals surface area contributed by atoms with Crippen LogP contribution in [0.25, 0.3) is 0 Å². The van der Waals surface area contributed by atoms with Crippen LogP contribution in [0.15, 0.2) is 90.1 Å².